The molecule has 2 amide bonds. The molecule has 1 aliphatic rings. The highest BCUT2D eigenvalue weighted by Crippen LogP contribution is 2.20. The maximum Gasteiger partial charge on any atom is 0.253 e. The minimum absolute atomic E-state index is 0.0271. The van der Waals surface area contributed by atoms with E-state index < -0.39 is 0 Å². The molecule has 1 heterocycles. The molecule has 2 rings (SSSR count). The van der Waals surface area contributed by atoms with Gasteiger partial charge in [0.25, 0.3) is 5.91 Å². The van der Waals surface area contributed by atoms with Crippen LogP contribution in [-0.4, -0.2) is 50.1 Å². The van der Waals surface area contributed by atoms with E-state index in [4.69, 9.17) is 16.3 Å². The van der Waals surface area contributed by atoms with Crippen molar-refractivity contribution < 1.29 is 14.3 Å². The first-order chi connectivity index (χ1) is 10.6. The Kier molecular flexibility index (Phi) is 6.21. The van der Waals surface area contributed by atoms with Crippen LogP contribution in [0.5, 0.6) is 0 Å². The zero-order chi connectivity index (χ0) is 15.9. The van der Waals surface area contributed by atoms with Crippen LogP contribution in [0.25, 0.3) is 0 Å². The van der Waals surface area contributed by atoms with Gasteiger partial charge in [-0.25, -0.2) is 0 Å². The minimum Gasteiger partial charge on any atom is -0.383 e. The fourth-order valence-electron chi connectivity index (χ4n) is 2.57. The number of nitrogens with one attached hydrogen (secondary N) is 1. The number of ether oxygens (including phenoxy) is 1. The highest BCUT2D eigenvalue weighted by molar-refractivity contribution is 6.30. The molecule has 0 aliphatic carbocycles. The minimum atomic E-state index is -0.0275. The van der Waals surface area contributed by atoms with E-state index >= 15 is 0 Å². The van der Waals surface area contributed by atoms with Crippen LogP contribution in [0.1, 0.15) is 23.2 Å². The second-order valence-corrected chi connectivity index (χ2v) is 5.80. The molecule has 0 aromatic heterocycles. The van der Waals surface area contributed by atoms with E-state index in [2.05, 4.69) is 5.32 Å². The van der Waals surface area contributed by atoms with Crippen LogP contribution >= 0.6 is 11.6 Å². The lowest BCUT2D eigenvalue weighted by molar-refractivity contribution is -0.126. The fourth-order valence-corrected chi connectivity index (χ4v) is 2.76. The Morgan fingerprint density at radius 2 is 2.09 bits per heavy atom. The maximum atomic E-state index is 12.4. The van der Waals surface area contributed by atoms with Gasteiger partial charge in [0, 0.05) is 43.2 Å². The summed E-state index contributed by atoms with van der Waals surface area (Å²) < 4.78 is 4.91. The third kappa shape index (κ3) is 4.45. The predicted octanol–water partition coefficient (Wildman–Crippen LogP) is 1.95. The SMILES string of the molecule is COCCNC(=O)C1CCN(C(=O)c2cccc(Cl)c2)CC1. The van der Waals surface area contributed by atoms with Gasteiger partial charge in [0.15, 0.2) is 0 Å². The third-order valence-electron chi connectivity index (χ3n) is 3.83. The summed E-state index contributed by atoms with van der Waals surface area (Å²) in [4.78, 5) is 26.1. The molecule has 0 bridgehead atoms. The van der Waals surface area contributed by atoms with E-state index in [0.29, 0.717) is 49.7 Å². The van der Waals surface area contributed by atoms with E-state index in [9.17, 15) is 9.59 Å². The largest absolute Gasteiger partial charge is 0.383 e. The van der Waals surface area contributed by atoms with E-state index in [1.165, 1.54) is 0 Å². The lowest BCUT2D eigenvalue weighted by Crippen LogP contribution is -2.43. The molecule has 0 saturated carbocycles. The summed E-state index contributed by atoms with van der Waals surface area (Å²) in [5, 5.41) is 3.41. The first-order valence-corrected chi connectivity index (χ1v) is 7.81. The van der Waals surface area contributed by atoms with Crippen molar-refractivity contribution in [2.45, 2.75) is 12.8 Å². The van der Waals surface area contributed by atoms with Gasteiger partial charge in [0.2, 0.25) is 5.91 Å². The molecule has 1 fully saturated rings. The van der Waals surface area contributed by atoms with Crippen LogP contribution in [0, 0.1) is 5.92 Å². The summed E-state index contributed by atoms with van der Waals surface area (Å²) >= 11 is 5.92. The Morgan fingerprint density at radius 3 is 2.73 bits per heavy atom. The molecule has 1 aliphatic heterocycles. The average molecular weight is 325 g/mol. The fraction of sp³-hybridized carbons (Fsp3) is 0.500. The van der Waals surface area contributed by atoms with Crippen LogP contribution < -0.4 is 5.32 Å². The molecule has 5 nitrogen and oxygen atoms in total. The van der Waals surface area contributed by atoms with Crippen molar-refractivity contribution >= 4 is 23.4 Å². The number of halogens is 1. The molecule has 1 N–H and O–H groups in total. The summed E-state index contributed by atoms with van der Waals surface area (Å²) in [6, 6.07) is 6.95. The van der Waals surface area contributed by atoms with Gasteiger partial charge in [-0.1, -0.05) is 17.7 Å². The number of rotatable bonds is 5. The van der Waals surface area contributed by atoms with Gasteiger partial charge in [-0.05, 0) is 31.0 Å². The quantitative estimate of drug-likeness (QED) is 0.842. The summed E-state index contributed by atoms with van der Waals surface area (Å²) in [7, 11) is 1.60. The van der Waals surface area contributed by atoms with Gasteiger partial charge in [0.1, 0.15) is 0 Å². The number of amides is 2. The predicted molar refractivity (Wildman–Crippen MR) is 85.0 cm³/mol. The van der Waals surface area contributed by atoms with Gasteiger partial charge in [0.05, 0.1) is 6.61 Å². The van der Waals surface area contributed by atoms with Crippen molar-refractivity contribution in [3.8, 4) is 0 Å². The number of methoxy groups -OCH3 is 1. The Bertz CT molecular complexity index is 528. The zero-order valence-electron chi connectivity index (χ0n) is 12.7. The van der Waals surface area contributed by atoms with Gasteiger partial charge in [-0.3, -0.25) is 9.59 Å². The number of piperidine rings is 1. The summed E-state index contributed by atoms with van der Waals surface area (Å²) in [5.41, 5.74) is 0.593. The first kappa shape index (κ1) is 16.8. The number of benzene rings is 1. The summed E-state index contributed by atoms with van der Waals surface area (Å²) in [6.07, 6.45) is 1.37. The van der Waals surface area contributed by atoms with Crippen LogP contribution in [-0.2, 0) is 9.53 Å². The van der Waals surface area contributed by atoms with Gasteiger partial charge < -0.3 is 15.0 Å². The highest BCUT2D eigenvalue weighted by atomic mass is 35.5. The number of carbonyl (C=O) groups is 2. The normalized spacial score (nSPS) is 15.6. The molecular weight excluding hydrogens is 304 g/mol. The summed E-state index contributed by atoms with van der Waals surface area (Å²) in [6.45, 7) is 2.22. The van der Waals surface area contributed by atoms with Crippen molar-refractivity contribution in [1.82, 2.24) is 10.2 Å². The van der Waals surface area contributed by atoms with Crippen molar-refractivity contribution in [1.29, 1.82) is 0 Å². The number of hydrogen-bond acceptors (Lipinski definition) is 3. The lowest BCUT2D eigenvalue weighted by Gasteiger charge is -2.31. The smallest absolute Gasteiger partial charge is 0.253 e. The number of hydrogen-bond donors (Lipinski definition) is 1. The van der Waals surface area contributed by atoms with Crippen molar-refractivity contribution in [2.75, 3.05) is 33.4 Å². The van der Waals surface area contributed by atoms with Crippen LogP contribution in [0.3, 0.4) is 0 Å². The lowest BCUT2D eigenvalue weighted by atomic mass is 9.95. The topological polar surface area (TPSA) is 58.6 Å². The molecule has 22 heavy (non-hydrogen) atoms. The van der Waals surface area contributed by atoms with Crippen molar-refractivity contribution in [3.05, 3.63) is 34.9 Å². The molecule has 0 spiro atoms. The van der Waals surface area contributed by atoms with E-state index in [1.807, 2.05) is 0 Å². The molecule has 0 atom stereocenters. The molecule has 1 aromatic carbocycles. The zero-order valence-corrected chi connectivity index (χ0v) is 13.4. The average Bonchev–Trinajstić information content (AvgIpc) is 2.54. The molecule has 6 heteroatoms. The monoisotopic (exact) mass is 324 g/mol. The van der Waals surface area contributed by atoms with E-state index in [-0.39, 0.29) is 17.7 Å². The molecular formula is C16H21ClN2O3. The highest BCUT2D eigenvalue weighted by Gasteiger charge is 2.27. The van der Waals surface area contributed by atoms with Crippen molar-refractivity contribution in [3.63, 3.8) is 0 Å². The van der Waals surface area contributed by atoms with Crippen LogP contribution in [0.2, 0.25) is 5.02 Å². The maximum absolute atomic E-state index is 12.4. The van der Waals surface area contributed by atoms with Gasteiger partial charge in [-0.2, -0.15) is 0 Å². The van der Waals surface area contributed by atoms with Gasteiger partial charge >= 0.3 is 0 Å². The molecule has 120 valence electrons. The second kappa shape index (κ2) is 8.15. The van der Waals surface area contributed by atoms with E-state index in [1.54, 1.807) is 36.3 Å². The number of nitrogens with zero attached hydrogens (tertiary/aromatic N) is 1. The second-order valence-electron chi connectivity index (χ2n) is 5.36. The Morgan fingerprint density at radius 1 is 1.36 bits per heavy atom. The first-order valence-electron chi connectivity index (χ1n) is 7.43. The van der Waals surface area contributed by atoms with E-state index in [0.717, 1.165) is 0 Å². The summed E-state index contributed by atoms with van der Waals surface area (Å²) in [5.74, 6) is -0.00656. The Hall–Kier alpha value is -1.59. The Labute approximate surface area is 135 Å². The van der Waals surface area contributed by atoms with Crippen LogP contribution in [0.4, 0.5) is 0 Å². The van der Waals surface area contributed by atoms with Gasteiger partial charge in [-0.15, -0.1) is 0 Å². The Balaban J connectivity index is 1.84. The molecule has 1 saturated heterocycles. The number of carbonyl (C=O) groups excluding carboxylic acids is 2. The molecule has 0 unspecified atom stereocenters. The third-order valence-corrected chi connectivity index (χ3v) is 4.07. The van der Waals surface area contributed by atoms with Crippen molar-refractivity contribution in [2.24, 2.45) is 5.92 Å². The standard InChI is InChI=1S/C16H21ClN2O3/c1-22-10-7-18-15(20)12-5-8-19(9-6-12)16(21)13-3-2-4-14(17)11-13/h2-4,11-12H,5-10H2,1H3,(H,18,20). The number of likely N-dealkylation sites (tertiary alicyclic amines) is 1. The molecule has 1 aromatic rings. The van der Waals surface area contributed by atoms with Crippen LogP contribution in [0.15, 0.2) is 24.3 Å². The molecule has 0 radical (unpaired) electrons.